The zero-order valence-corrected chi connectivity index (χ0v) is 10.5. The summed E-state index contributed by atoms with van der Waals surface area (Å²) in [4.78, 5) is 17.9. The van der Waals surface area contributed by atoms with Gasteiger partial charge in [0.05, 0.1) is 18.7 Å². The third-order valence-corrected chi connectivity index (χ3v) is 2.65. The number of nitrogens with zero attached hydrogens (tertiary/aromatic N) is 2. The maximum Gasteiger partial charge on any atom is 0.228 e. The second kappa shape index (κ2) is 7.01. The molecule has 1 aromatic heterocycles. The average Bonchev–Trinajstić information content (AvgIpc) is 2.32. The first kappa shape index (κ1) is 13.6. The van der Waals surface area contributed by atoms with E-state index in [9.17, 15) is 4.79 Å². The molecular weight excluding hydrogens is 216 g/mol. The number of pyridine rings is 1. The Labute approximate surface area is 102 Å². The number of aromatic nitrogens is 1. The van der Waals surface area contributed by atoms with Crippen LogP contribution < -0.4 is 0 Å². The van der Waals surface area contributed by atoms with Gasteiger partial charge in [0.15, 0.2) is 0 Å². The van der Waals surface area contributed by atoms with Crippen molar-refractivity contribution in [1.29, 1.82) is 0 Å². The molecule has 17 heavy (non-hydrogen) atoms. The van der Waals surface area contributed by atoms with E-state index in [1.54, 1.807) is 11.1 Å². The number of carbonyl (C=O) groups is 1. The average molecular weight is 236 g/mol. The van der Waals surface area contributed by atoms with E-state index in [-0.39, 0.29) is 12.5 Å². The summed E-state index contributed by atoms with van der Waals surface area (Å²) in [5.41, 5.74) is 1.85. The van der Waals surface area contributed by atoms with Crippen molar-refractivity contribution in [2.75, 3.05) is 19.7 Å². The largest absolute Gasteiger partial charge is 0.395 e. The van der Waals surface area contributed by atoms with Crippen molar-refractivity contribution < 1.29 is 9.90 Å². The van der Waals surface area contributed by atoms with Gasteiger partial charge in [-0.1, -0.05) is 13.0 Å². The number of amides is 1. The summed E-state index contributed by atoms with van der Waals surface area (Å²) in [5, 5.41) is 8.92. The van der Waals surface area contributed by atoms with Crippen molar-refractivity contribution in [2.24, 2.45) is 0 Å². The highest BCUT2D eigenvalue weighted by Crippen LogP contribution is 2.06. The van der Waals surface area contributed by atoms with E-state index >= 15 is 0 Å². The van der Waals surface area contributed by atoms with Gasteiger partial charge in [-0.25, -0.2) is 0 Å². The highest BCUT2D eigenvalue weighted by Gasteiger charge is 2.14. The van der Waals surface area contributed by atoms with Crippen LogP contribution in [0.25, 0.3) is 0 Å². The minimum absolute atomic E-state index is 0.00689. The molecule has 0 spiro atoms. The highest BCUT2D eigenvalue weighted by molar-refractivity contribution is 5.78. The van der Waals surface area contributed by atoms with Gasteiger partial charge in [0.25, 0.3) is 0 Å². The number of carbonyl (C=O) groups excluding carboxylic acids is 1. The predicted molar refractivity (Wildman–Crippen MR) is 66.6 cm³/mol. The lowest BCUT2D eigenvalue weighted by Gasteiger charge is -2.21. The van der Waals surface area contributed by atoms with Crippen LogP contribution in [0, 0.1) is 6.92 Å². The Kier molecular flexibility index (Phi) is 5.63. The Hall–Kier alpha value is -1.42. The van der Waals surface area contributed by atoms with Gasteiger partial charge >= 0.3 is 0 Å². The Bertz CT molecular complexity index is 360. The molecule has 1 amide bonds. The van der Waals surface area contributed by atoms with Crippen molar-refractivity contribution in [3.8, 4) is 0 Å². The monoisotopic (exact) mass is 236 g/mol. The SMILES string of the molecule is CCCN(CCO)C(=O)Cc1ncccc1C. The van der Waals surface area contributed by atoms with Gasteiger partial charge in [0.1, 0.15) is 0 Å². The minimum Gasteiger partial charge on any atom is -0.395 e. The van der Waals surface area contributed by atoms with Crippen LogP contribution in [0.3, 0.4) is 0 Å². The van der Waals surface area contributed by atoms with Gasteiger partial charge in [-0.2, -0.15) is 0 Å². The number of hydrogen-bond donors (Lipinski definition) is 1. The fraction of sp³-hybridized carbons (Fsp3) is 0.538. The highest BCUT2D eigenvalue weighted by atomic mass is 16.3. The number of aliphatic hydroxyl groups excluding tert-OH is 1. The molecule has 1 N–H and O–H groups in total. The van der Waals surface area contributed by atoms with E-state index < -0.39 is 0 Å². The zero-order valence-electron chi connectivity index (χ0n) is 10.5. The third kappa shape index (κ3) is 4.15. The molecule has 0 unspecified atom stereocenters. The van der Waals surface area contributed by atoms with Crippen molar-refractivity contribution in [3.63, 3.8) is 0 Å². The molecule has 0 aromatic carbocycles. The standard InChI is InChI=1S/C13H20N2O2/c1-3-7-15(8-9-16)13(17)10-12-11(2)5-4-6-14-12/h4-6,16H,3,7-10H2,1-2H3. The Balaban J connectivity index is 2.66. The lowest BCUT2D eigenvalue weighted by molar-refractivity contribution is -0.131. The normalized spacial score (nSPS) is 10.3. The van der Waals surface area contributed by atoms with E-state index in [4.69, 9.17) is 5.11 Å². The van der Waals surface area contributed by atoms with Gasteiger partial charge in [0.2, 0.25) is 5.91 Å². The molecule has 0 atom stereocenters. The van der Waals surface area contributed by atoms with Crippen LogP contribution in [0.1, 0.15) is 24.6 Å². The smallest absolute Gasteiger partial charge is 0.228 e. The Morgan fingerprint density at radius 3 is 2.82 bits per heavy atom. The molecular formula is C13H20N2O2. The summed E-state index contributed by atoms with van der Waals surface area (Å²) in [6.45, 7) is 5.06. The molecule has 0 bridgehead atoms. The van der Waals surface area contributed by atoms with Gasteiger partial charge in [-0.05, 0) is 25.0 Å². The fourth-order valence-electron chi connectivity index (χ4n) is 1.71. The fourth-order valence-corrected chi connectivity index (χ4v) is 1.71. The van der Waals surface area contributed by atoms with E-state index in [0.29, 0.717) is 19.5 Å². The number of aliphatic hydroxyl groups is 1. The van der Waals surface area contributed by atoms with E-state index in [2.05, 4.69) is 4.98 Å². The van der Waals surface area contributed by atoms with Gasteiger partial charge < -0.3 is 10.0 Å². The summed E-state index contributed by atoms with van der Waals surface area (Å²) in [6, 6.07) is 3.81. The molecule has 0 aliphatic rings. The molecule has 4 heteroatoms. The van der Waals surface area contributed by atoms with Crippen LogP contribution in [-0.4, -0.2) is 40.6 Å². The molecule has 0 aliphatic heterocycles. The Morgan fingerprint density at radius 2 is 2.24 bits per heavy atom. The summed E-state index contributed by atoms with van der Waals surface area (Å²) in [7, 11) is 0. The zero-order chi connectivity index (χ0) is 12.7. The maximum absolute atomic E-state index is 12.0. The van der Waals surface area contributed by atoms with Crippen molar-refractivity contribution in [3.05, 3.63) is 29.6 Å². The van der Waals surface area contributed by atoms with E-state index in [1.165, 1.54) is 0 Å². The number of rotatable bonds is 6. The first-order chi connectivity index (χ1) is 8.19. The molecule has 4 nitrogen and oxygen atoms in total. The molecule has 0 fully saturated rings. The lowest BCUT2D eigenvalue weighted by Crippen LogP contribution is -2.35. The molecule has 1 aromatic rings. The topological polar surface area (TPSA) is 53.4 Å². The van der Waals surface area contributed by atoms with Gasteiger partial charge in [-0.15, -0.1) is 0 Å². The van der Waals surface area contributed by atoms with Gasteiger partial charge in [-0.3, -0.25) is 9.78 Å². The first-order valence-electron chi connectivity index (χ1n) is 5.98. The van der Waals surface area contributed by atoms with Gasteiger partial charge in [0, 0.05) is 19.3 Å². The molecule has 0 saturated heterocycles. The van der Waals surface area contributed by atoms with Crippen molar-refractivity contribution >= 4 is 5.91 Å². The van der Waals surface area contributed by atoms with E-state index in [1.807, 2.05) is 26.0 Å². The maximum atomic E-state index is 12.0. The quantitative estimate of drug-likeness (QED) is 0.806. The first-order valence-corrected chi connectivity index (χ1v) is 5.98. The van der Waals surface area contributed by atoms with Crippen LogP contribution in [-0.2, 0) is 11.2 Å². The third-order valence-electron chi connectivity index (χ3n) is 2.65. The predicted octanol–water partition coefficient (Wildman–Crippen LogP) is 1.16. The number of hydrogen-bond acceptors (Lipinski definition) is 3. The van der Waals surface area contributed by atoms with Crippen molar-refractivity contribution in [1.82, 2.24) is 9.88 Å². The lowest BCUT2D eigenvalue weighted by atomic mass is 10.1. The molecule has 1 rings (SSSR count). The minimum atomic E-state index is 0.00689. The Morgan fingerprint density at radius 1 is 1.47 bits per heavy atom. The molecule has 1 heterocycles. The molecule has 0 aliphatic carbocycles. The molecule has 94 valence electrons. The van der Waals surface area contributed by atoms with Crippen molar-refractivity contribution in [2.45, 2.75) is 26.7 Å². The second-order valence-corrected chi connectivity index (χ2v) is 4.05. The van der Waals surface area contributed by atoms with Crippen LogP contribution in [0.15, 0.2) is 18.3 Å². The second-order valence-electron chi connectivity index (χ2n) is 4.05. The summed E-state index contributed by atoms with van der Waals surface area (Å²) >= 11 is 0. The molecule has 0 radical (unpaired) electrons. The summed E-state index contributed by atoms with van der Waals surface area (Å²) < 4.78 is 0. The number of aryl methyl sites for hydroxylation is 1. The summed E-state index contributed by atoms with van der Waals surface area (Å²) in [5.74, 6) is 0.0303. The van der Waals surface area contributed by atoms with Crippen LogP contribution in [0.4, 0.5) is 0 Å². The summed E-state index contributed by atoms with van der Waals surface area (Å²) in [6.07, 6.45) is 2.91. The molecule has 0 saturated carbocycles. The van der Waals surface area contributed by atoms with E-state index in [0.717, 1.165) is 17.7 Å². The van der Waals surface area contributed by atoms with Crippen LogP contribution in [0.2, 0.25) is 0 Å². The van der Waals surface area contributed by atoms with Crippen LogP contribution >= 0.6 is 0 Å². The van der Waals surface area contributed by atoms with Crippen LogP contribution in [0.5, 0.6) is 0 Å².